The zero-order valence-electron chi connectivity index (χ0n) is 77.2. The summed E-state index contributed by atoms with van der Waals surface area (Å²) < 4.78 is 61.9. The minimum Gasteiger partial charge on any atom is -0.464 e. The molecule has 0 aromatic heterocycles. The topological polar surface area (TPSA) is 104 Å². The van der Waals surface area contributed by atoms with Crippen LogP contribution in [0.5, 0.6) is 11.5 Å². The maximum absolute atomic E-state index is 7.17. The van der Waals surface area contributed by atoms with Crippen molar-refractivity contribution < 1.29 is 42.1 Å². The normalized spacial score (nSPS) is 11.3. The van der Waals surface area contributed by atoms with Crippen molar-refractivity contribution in [1.29, 1.82) is 0 Å². The average molecular weight is 2000 g/mol. The van der Waals surface area contributed by atoms with Crippen LogP contribution >= 0.6 is 0 Å². The first-order valence-electron chi connectivity index (χ1n) is 41.7. The van der Waals surface area contributed by atoms with Crippen molar-refractivity contribution in [3.05, 3.63) is 255 Å². The van der Waals surface area contributed by atoms with Crippen molar-refractivity contribution in [2.75, 3.05) is 14.2 Å². The van der Waals surface area contributed by atoms with Crippen LogP contribution in [-0.4, -0.2) is 186 Å². The molecule has 1 unspecified atom stereocenters. The van der Waals surface area contributed by atoms with Crippen LogP contribution in [0.3, 0.4) is 0 Å². The number of benzene rings is 9. The minimum atomic E-state index is -3.27. The van der Waals surface area contributed by atoms with Gasteiger partial charge in [-0.25, -0.2) is 0 Å². The highest BCUT2D eigenvalue weighted by Crippen LogP contribution is 2.25. The Morgan fingerprint density at radius 3 is 0.754 bits per heavy atom. The summed E-state index contributed by atoms with van der Waals surface area (Å²) in [5.74, 6) is 1.85. The molecule has 0 bridgehead atoms. The highest BCUT2D eigenvalue weighted by Gasteiger charge is 2.57. The molecular formula is C92H183NO10Si19. The van der Waals surface area contributed by atoms with Gasteiger partial charge in [0.25, 0.3) is 0 Å². The van der Waals surface area contributed by atoms with Gasteiger partial charge in [-0.05, 0) is 160 Å². The minimum absolute atomic E-state index is 0. The number of nitrogens with one attached hydrogen (secondary N) is 1. The standard InChI is InChI=1S/C20H38O5Si6.C16H22OSi2.C12H12Si.C10H18Si2.C9H16OSi2.C8H12OSi.C4H14OSi2.C3H11NSi.C3H12OSi2.7CH4/c1-26(2)21-30(22-27(3)4,19-15-11-9-12-16-19)25-31(23-28(5)6,24-29(7)8)20-17-13-10-14-18-20;1-18(2)15-9-5-13(6-10-15)17-14-7-11-16(12-8-14)19(3)4;1-3-7-11(8-4-1)13-12-9-5-2-6-10-12;1-11(2)9-5-7-10(8-6-9)12(3)4;1-12(2,3)10-11-9-7-5-4-6-8-9;1-9-10(2)8-6-4-3-5-7-8;1-6-5-7(2,3)4;1-4-5(2)3;1-6(2,3)4-5;;;;;;;/h9-18,26-29H,1-8H3;5-12,18-19H,1-4H3;1-10H,13H2;5-8,11-12H,1-4H3;4-8H,11H2,1-3H3;3-7,10H,1-2H3;6H2,1-4H3;4-5H,1-3H3;1-3,5H3;7*1H4. The monoisotopic (exact) mass is 1990 g/mol. The summed E-state index contributed by atoms with van der Waals surface area (Å²) in [6.07, 6.45) is 0. The molecule has 0 aliphatic heterocycles. The highest BCUT2D eigenvalue weighted by molar-refractivity contribution is 6.96. The van der Waals surface area contributed by atoms with Gasteiger partial charge in [0, 0.05) is 17.5 Å². The Bertz CT molecular complexity index is 3630. The molecule has 0 spiro atoms. The first kappa shape index (κ1) is 132. The summed E-state index contributed by atoms with van der Waals surface area (Å²) in [5, 5.41) is 13.9. The summed E-state index contributed by atoms with van der Waals surface area (Å²) in [6, 6.07) is 89.3. The molecule has 1 atom stereocenters. The third-order valence-electron chi connectivity index (χ3n) is 16.7. The van der Waals surface area contributed by atoms with E-state index in [2.05, 4.69) is 401 Å². The van der Waals surface area contributed by atoms with E-state index in [0.29, 0.717) is 0 Å². The zero-order chi connectivity index (χ0) is 86.8. The molecule has 1 N–H and O–H groups in total. The van der Waals surface area contributed by atoms with Crippen LogP contribution in [0.25, 0.3) is 0 Å². The maximum Gasteiger partial charge on any atom is 0.508 e. The summed E-state index contributed by atoms with van der Waals surface area (Å²) >= 11 is 0. The Labute approximate surface area is 785 Å². The first-order valence-corrected chi connectivity index (χ1v) is 88.7. The van der Waals surface area contributed by atoms with Crippen LogP contribution in [0.15, 0.2) is 255 Å². The van der Waals surface area contributed by atoms with Crippen molar-refractivity contribution >= 4 is 223 Å². The van der Waals surface area contributed by atoms with Crippen molar-refractivity contribution in [1.82, 2.24) is 4.98 Å². The fourth-order valence-corrected chi connectivity index (χ4v) is 42.4. The smallest absolute Gasteiger partial charge is 0.464 e. The van der Waals surface area contributed by atoms with E-state index >= 15 is 0 Å². The van der Waals surface area contributed by atoms with Gasteiger partial charge < -0.3 is 47.1 Å². The van der Waals surface area contributed by atoms with Crippen molar-refractivity contribution in [3.8, 4) is 11.5 Å². The van der Waals surface area contributed by atoms with E-state index in [1.807, 2.05) is 55.6 Å². The highest BCUT2D eigenvalue weighted by atomic mass is 28.5. The quantitative estimate of drug-likeness (QED) is 0.0453. The third kappa shape index (κ3) is 62.7. The Morgan fingerprint density at radius 2 is 0.549 bits per heavy atom. The van der Waals surface area contributed by atoms with Gasteiger partial charge in [-0.15, -0.1) is 0 Å². The molecule has 0 radical (unpaired) electrons. The lowest BCUT2D eigenvalue weighted by molar-refractivity contribution is 0.207. The van der Waals surface area contributed by atoms with E-state index in [9.17, 15) is 0 Å². The molecule has 0 amide bonds. The lowest BCUT2D eigenvalue weighted by Crippen LogP contribution is -2.72. The van der Waals surface area contributed by atoms with Crippen molar-refractivity contribution in [2.45, 2.75) is 242 Å². The zero-order valence-corrected chi connectivity index (χ0v) is 100. The number of hydrogen-bond acceptors (Lipinski definition) is 11. The van der Waals surface area contributed by atoms with E-state index < -0.39 is 142 Å². The lowest BCUT2D eigenvalue weighted by atomic mass is 10.3. The van der Waals surface area contributed by atoms with Gasteiger partial charge in [-0.1, -0.05) is 386 Å². The largest absolute Gasteiger partial charge is 0.508 e. The Kier molecular flexibility index (Phi) is 78.0. The van der Waals surface area contributed by atoms with Crippen LogP contribution in [0.4, 0.5) is 0 Å². The molecule has 0 fully saturated rings. The van der Waals surface area contributed by atoms with Crippen molar-refractivity contribution in [2.24, 2.45) is 0 Å². The molecule has 9 aromatic rings. The number of rotatable bonds is 29. The number of ether oxygens (including phenoxy) is 1. The second-order valence-electron chi connectivity index (χ2n) is 33.8. The SMILES string of the molecule is C.C.C.C.C.C.C.CN[SiH](C)C.CO[SiH](C)c1ccccc1.C[SiH2]O[Si](C)(C)C.C[SiH](C)O[Si](O[SiH](C)C)(O[Si](O[SiH](C)C)(O[SiH](C)C)c1ccccc1)c1ccccc1.C[SiH](C)c1ccc(Oc2ccc([SiH](C)C)cc2)cc1.C[SiH](C)c1ccc([SiH](C)C)cc1.C[Si](C)(C)O[SiH2]c1ccccc1.C[Si](C)(C)O[SiH3].c1ccc([SiH2]c2ccccc2)cc1. The van der Waals surface area contributed by atoms with Gasteiger partial charge in [0.15, 0.2) is 70.9 Å². The second kappa shape index (κ2) is 72.3. The molecule has 9 rings (SSSR count). The first-order chi connectivity index (χ1) is 54.0. The molecule has 0 aliphatic rings. The molecule has 0 heterocycles. The van der Waals surface area contributed by atoms with Crippen LogP contribution < -0.4 is 61.6 Å². The van der Waals surface area contributed by atoms with Gasteiger partial charge in [0.05, 0.1) is 44.7 Å². The van der Waals surface area contributed by atoms with E-state index in [-0.39, 0.29) is 71.3 Å². The van der Waals surface area contributed by atoms with Gasteiger partial charge in [-0.3, -0.25) is 0 Å². The van der Waals surface area contributed by atoms with Gasteiger partial charge >= 0.3 is 17.6 Å². The van der Waals surface area contributed by atoms with Gasteiger partial charge in [0.1, 0.15) is 40.7 Å². The molecule has 0 saturated carbocycles. The van der Waals surface area contributed by atoms with Gasteiger partial charge in [-0.2, -0.15) is 0 Å². The van der Waals surface area contributed by atoms with Crippen LogP contribution in [0.1, 0.15) is 52.0 Å². The van der Waals surface area contributed by atoms with Crippen molar-refractivity contribution in [3.63, 3.8) is 0 Å². The molecule has 0 saturated heterocycles. The summed E-state index contributed by atoms with van der Waals surface area (Å²) in [4.78, 5) is 3.17. The predicted molar refractivity (Wildman–Crippen MR) is 612 cm³/mol. The summed E-state index contributed by atoms with van der Waals surface area (Å²) in [7, 11) is -16.1. The van der Waals surface area contributed by atoms with Crippen LogP contribution in [-0.2, 0) is 37.3 Å². The maximum atomic E-state index is 7.17. The lowest BCUT2D eigenvalue weighted by Gasteiger charge is -2.42. The molecular weight excluding hydrogens is 1810 g/mol. The van der Waals surface area contributed by atoms with Crippen LogP contribution in [0, 0.1) is 0 Å². The van der Waals surface area contributed by atoms with E-state index in [1.54, 1.807) is 17.5 Å². The predicted octanol–water partition coefficient (Wildman–Crippen LogP) is 15.3. The molecule has 30 heteroatoms. The fraction of sp³-hybridized carbons (Fsp3) is 0.413. The third-order valence-corrected chi connectivity index (χ3v) is 59.6. The molecule has 11 nitrogen and oxygen atoms in total. The summed E-state index contributed by atoms with van der Waals surface area (Å²) in [5.41, 5.74) is 0. The Balaban J connectivity index is -0.000000256. The molecule has 122 heavy (non-hydrogen) atoms. The molecule has 0 aliphatic carbocycles. The Hall–Kier alpha value is -3.50. The van der Waals surface area contributed by atoms with E-state index in [4.69, 9.17) is 42.1 Å². The molecule has 692 valence electrons. The second-order valence-corrected chi connectivity index (χ2v) is 87.6. The van der Waals surface area contributed by atoms with E-state index in [0.717, 1.165) is 32.4 Å². The summed E-state index contributed by atoms with van der Waals surface area (Å²) in [6.45, 7) is 65.0. The van der Waals surface area contributed by atoms with Gasteiger partial charge in [0.2, 0.25) is 9.04 Å². The van der Waals surface area contributed by atoms with E-state index in [1.165, 1.54) is 31.1 Å². The fourth-order valence-electron chi connectivity index (χ4n) is 10.1. The molecule has 9 aromatic carbocycles. The van der Waals surface area contributed by atoms with Crippen LogP contribution in [0.2, 0.25) is 190 Å². The average Bonchev–Trinajstić information content (AvgIpc) is 0.760. The number of hydrogen-bond donors (Lipinski definition) is 1. The Morgan fingerprint density at radius 1 is 0.311 bits per heavy atom.